The Labute approximate surface area is 189 Å². The van der Waals surface area contributed by atoms with Crippen LogP contribution in [0.1, 0.15) is 34.6 Å². The lowest BCUT2D eigenvalue weighted by atomic mass is 10.0. The highest BCUT2D eigenvalue weighted by molar-refractivity contribution is 6.86. The van der Waals surface area contributed by atoms with E-state index in [1.165, 1.54) is 10.4 Å². The van der Waals surface area contributed by atoms with Gasteiger partial charge in [0, 0.05) is 37.4 Å². The van der Waals surface area contributed by atoms with Crippen LogP contribution >= 0.6 is 0 Å². The number of nitrogens with zero attached hydrogens (tertiary/aromatic N) is 2. The fraction of sp³-hybridized carbons (Fsp3) is 0.500. The third-order valence-corrected chi connectivity index (χ3v) is 9.83. The average Bonchev–Trinajstić information content (AvgIpc) is 2.75. The Morgan fingerprint density at radius 1 is 1.03 bits per heavy atom. The van der Waals surface area contributed by atoms with Crippen molar-refractivity contribution in [3.05, 3.63) is 60.7 Å². The van der Waals surface area contributed by atoms with E-state index in [0.717, 1.165) is 26.2 Å². The molecule has 1 saturated heterocycles. The van der Waals surface area contributed by atoms with Crippen molar-refractivity contribution in [1.29, 1.82) is 0 Å². The first-order chi connectivity index (χ1) is 14.8. The normalized spacial score (nSPS) is 19.4. The maximum atomic E-state index is 12.2. The van der Waals surface area contributed by atoms with Crippen molar-refractivity contribution >= 4 is 25.1 Å². The van der Waals surface area contributed by atoms with Crippen LogP contribution in [0.15, 0.2) is 60.7 Å². The SMILES string of the molecule is CCOC(=O)C(C)CN1CCN(C(C)(C)C)C([SiH](c2ccccc2)c2ccccc2)C1. The van der Waals surface area contributed by atoms with Crippen molar-refractivity contribution in [2.24, 2.45) is 5.92 Å². The van der Waals surface area contributed by atoms with Crippen molar-refractivity contribution in [2.75, 3.05) is 32.8 Å². The molecule has 2 unspecified atom stereocenters. The summed E-state index contributed by atoms with van der Waals surface area (Å²) in [6, 6.07) is 22.1. The molecule has 2 aromatic carbocycles. The smallest absolute Gasteiger partial charge is 0.309 e. The van der Waals surface area contributed by atoms with E-state index in [9.17, 15) is 4.79 Å². The second kappa shape index (κ2) is 10.6. The fourth-order valence-corrected chi connectivity index (χ4v) is 8.87. The predicted octanol–water partition coefficient (Wildman–Crippen LogP) is 2.55. The Kier molecular flexibility index (Phi) is 8.09. The van der Waals surface area contributed by atoms with Crippen molar-refractivity contribution in [3.63, 3.8) is 0 Å². The molecule has 0 radical (unpaired) electrons. The van der Waals surface area contributed by atoms with Gasteiger partial charge in [0.2, 0.25) is 0 Å². The summed E-state index contributed by atoms with van der Waals surface area (Å²) in [5.74, 6) is -0.187. The Morgan fingerprint density at radius 2 is 1.58 bits per heavy atom. The van der Waals surface area contributed by atoms with E-state index in [-0.39, 0.29) is 17.4 Å². The molecule has 1 heterocycles. The minimum Gasteiger partial charge on any atom is -0.466 e. The number of carbonyl (C=O) groups is 1. The van der Waals surface area contributed by atoms with Crippen molar-refractivity contribution in [1.82, 2.24) is 9.80 Å². The molecule has 0 amide bonds. The Bertz CT molecular complexity index is 783. The van der Waals surface area contributed by atoms with Crippen molar-refractivity contribution in [2.45, 2.75) is 45.8 Å². The first-order valence-corrected chi connectivity index (χ1v) is 13.4. The van der Waals surface area contributed by atoms with E-state index >= 15 is 0 Å². The standard InChI is InChI=1S/C26H38N2O2Si/c1-6-30-25(29)21(2)19-27-17-18-28(26(3,4)5)24(20-27)31(22-13-9-7-10-14-22)23-15-11-8-12-16-23/h7-16,21,24,31H,6,17-20H2,1-5H3. The summed E-state index contributed by atoms with van der Waals surface area (Å²) in [4.78, 5) is 17.5. The third-order valence-electron chi connectivity index (χ3n) is 6.29. The molecule has 168 valence electrons. The molecule has 0 bridgehead atoms. The third kappa shape index (κ3) is 6.06. The molecular formula is C26H38N2O2Si. The highest BCUT2D eigenvalue weighted by Crippen LogP contribution is 2.24. The van der Waals surface area contributed by atoms with E-state index in [0.29, 0.717) is 12.3 Å². The van der Waals surface area contributed by atoms with E-state index in [2.05, 4.69) is 91.2 Å². The maximum absolute atomic E-state index is 12.2. The lowest BCUT2D eigenvalue weighted by molar-refractivity contribution is -0.148. The molecule has 0 aliphatic carbocycles. The van der Waals surface area contributed by atoms with Crippen molar-refractivity contribution in [3.8, 4) is 0 Å². The van der Waals surface area contributed by atoms with Crippen LogP contribution in [0, 0.1) is 5.92 Å². The van der Waals surface area contributed by atoms with E-state index in [4.69, 9.17) is 4.74 Å². The van der Waals surface area contributed by atoms with Gasteiger partial charge in [-0.05, 0) is 27.7 Å². The van der Waals surface area contributed by atoms with E-state index in [1.807, 2.05) is 13.8 Å². The first-order valence-electron chi connectivity index (χ1n) is 11.6. The van der Waals surface area contributed by atoms with Crippen LogP contribution in [0.2, 0.25) is 0 Å². The first kappa shape index (κ1) is 23.7. The number of benzene rings is 2. The summed E-state index contributed by atoms with van der Waals surface area (Å²) >= 11 is 0. The molecule has 1 fully saturated rings. The number of rotatable bonds is 7. The van der Waals surface area contributed by atoms with Gasteiger partial charge in [-0.1, -0.05) is 78.0 Å². The zero-order valence-electron chi connectivity index (χ0n) is 19.8. The molecule has 31 heavy (non-hydrogen) atoms. The van der Waals surface area contributed by atoms with Gasteiger partial charge in [0.05, 0.1) is 12.5 Å². The van der Waals surface area contributed by atoms with Crippen LogP contribution in [0.5, 0.6) is 0 Å². The fourth-order valence-electron chi connectivity index (χ4n) is 4.86. The minimum absolute atomic E-state index is 0.0859. The van der Waals surface area contributed by atoms with Gasteiger partial charge in [-0.25, -0.2) is 0 Å². The van der Waals surface area contributed by atoms with Crippen LogP contribution in [0.3, 0.4) is 0 Å². The van der Waals surface area contributed by atoms with Crippen LogP contribution in [0.25, 0.3) is 0 Å². The van der Waals surface area contributed by atoms with Gasteiger partial charge >= 0.3 is 5.97 Å². The van der Waals surface area contributed by atoms with Crippen LogP contribution < -0.4 is 10.4 Å². The molecule has 1 aliphatic heterocycles. The molecule has 0 saturated carbocycles. The molecule has 2 atom stereocenters. The summed E-state index contributed by atoms with van der Waals surface area (Å²) in [6.07, 6.45) is 0. The maximum Gasteiger partial charge on any atom is 0.309 e. The van der Waals surface area contributed by atoms with E-state index in [1.54, 1.807) is 0 Å². The molecule has 0 spiro atoms. The molecule has 3 rings (SSSR count). The van der Waals surface area contributed by atoms with Gasteiger partial charge in [-0.15, -0.1) is 0 Å². The van der Waals surface area contributed by atoms with E-state index < -0.39 is 8.80 Å². The van der Waals surface area contributed by atoms with Crippen LogP contribution in [-0.4, -0.2) is 68.6 Å². The summed E-state index contributed by atoms with van der Waals surface area (Å²) in [5.41, 5.74) is 0.547. The highest BCUT2D eigenvalue weighted by atomic mass is 28.3. The second-order valence-electron chi connectivity index (χ2n) is 9.64. The van der Waals surface area contributed by atoms with Gasteiger partial charge in [0.25, 0.3) is 0 Å². The number of esters is 1. The van der Waals surface area contributed by atoms with Crippen molar-refractivity contribution < 1.29 is 9.53 Å². The topological polar surface area (TPSA) is 32.8 Å². The molecule has 0 N–H and O–H groups in total. The molecule has 0 aromatic heterocycles. The van der Waals surface area contributed by atoms with Crippen LogP contribution in [-0.2, 0) is 9.53 Å². The Hall–Kier alpha value is -1.95. The number of piperazine rings is 1. The average molecular weight is 439 g/mol. The summed E-state index contributed by atoms with van der Waals surface area (Å²) in [7, 11) is -1.54. The summed E-state index contributed by atoms with van der Waals surface area (Å²) < 4.78 is 5.27. The number of ether oxygens (including phenoxy) is 1. The Balaban J connectivity index is 1.93. The van der Waals surface area contributed by atoms with Gasteiger partial charge in [-0.3, -0.25) is 14.6 Å². The zero-order chi connectivity index (χ0) is 22.4. The molecule has 1 aliphatic rings. The number of hydrogen-bond acceptors (Lipinski definition) is 4. The molecule has 2 aromatic rings. The molecular weight excluding hydrogens is 400 g/mol. The van der Waals surface area contributed by atoms with Gasteiger partial charge in [-0.2, -0.15) is 0 Å². The minimum atomic E-state index is -1.54. The quantitative estimate of drug-likeness (QED) is 0.491. The highest BCUT2D eigenvalue weighted by Gasteiger charge is 2.40. The molecule has 4 nitrogen and oxygen atoms in total. The summed E-state index contributed by atoms with van der Waals surface area (Å²) in [6.45, 7) is 15.1. The van der Waals surface area contributed by atoms with Gasteiger partial charge in [0.15, 0.2) is 0 Å². The van der Waals surface area contributed by atoms with Gasteiger partial charge in [0.1, 0.15) is 8.80 Å². The number of carbonyl (C=O) groups excluding carboxylic acids is 1. The monoisotopic (exact) mass is 438 g/mol. The molecule has 5 heteroatoms. The lowest BCUT2D eigenvalue weighted by Crippen LogP contribution is -2.69. The largest absolute Gasteiger partial charge is 0.466 e. The zero-order valence-corrected chi connectivity index (χ0v) is 20.9. The predicted molar refractivity (Wildman–Crippen MR) is 132 cm³/mol. The Morgan fingerprint density at radius 3 is 2.06 bits per heavy atom. The van der Waals surface area contributed by atoms with Crippen LogP contribution in [0.4, 0.5) is 0 Å². The second-order valence-corrected chi connectivity index (χ2v) is 12.7. The summed E-state index contributed by atoms with van der Waals surface area (Å²) in [5, 5.41) is 2.96. The number of hydrogen-bond donors (Lipinski definition) is 0. The van der Waals surface area contributed by atoms with Gasteiger partial charge < -0.3 is 4.74 Å². The lowest BCUT2D eigenvalue weighted by Gasteiger charge is -2.51.